The second-order valence-corrected chi connectivity index (χ2v) is 8.08. The van der Waals surface area contributed by atoms with E-state index >= 15 is 0 Å². The molecule has 6 rings (SSSR count). The Balaban J connectivity index is 1.21. The minimum absolute atomic E-state index is 0.00350. The highest BCUT2D eigenvalue weighted by atomic mass is 16.6. The Morgan fingerprint density at radius 2 is 1.64 bits per heavy atom. The highest BCUT2D eigenvalue weighted by Gasteiger charge is 2.66. The minimum atomic E-state index is -0.512. The number of nitrogens with one attached hydrogen (secondary N) is 1. The molecule has 144 valence electrons. The standard InChI is InChI=1S/C20H19N3O5/c24-16(21-10-1-3-11(4-2-10)23(27)28)7-8-22-19(25)17-12-5-6-13(15-9-14(12)15)18(17)20(22)26/h1-6,12-15,17-18H,7-9H2,(H,21,24)/t12-,13-,14-,15-,17-,18+/m0/s1. The fourth-order valence-electron chi connectivity index (χ4n) is 5.34. The fraction of sp³-hybridized carbons (Fsp3) is 0.450. The zero-order valence-corrected chi connectivity index (χ0v) is 15.0. The number of nitro groups is 1. The summed E-state index contributed by atoms with van der Waals surface area (Å²) in [6, 6.07) is 5.52. The molecule has 1 N–H and O–H groups in total. The van der Waals surface area contributed by atoms with Crippen LogP contribution in [0.4, 0.5) is 11.4 Å². The summed E-state index contributed by atoms with van der Waals surface area (Å²) in [5, 5.41) is 13.3. The molecule has 1 aromatic rings. The number of nitrogens with zero attached hydrogens (tertiary/aromatic N) is 2. The number of hydrogen-bond acceptors (Lipinski definition) is 5. The van der Waals surface area contributed by atoms with Gasteiger partial charge < -0.3 is 5.32 Å². The van der Waals surface area contributed by atoms with Crippen molar-refractivity contribution >= 4 is 29.1 Å². The molecule has 2 saturated carbocycles. The number of non-ortho nitro benzene ring substituents is 1. The number of hydrogen-bond donors (Lipinski definition) is 1. The van der Waals surface area contributed by atoms with Crippen LogP contribution < -0.4 is 5.32 Å². The third-order valence-corrected chi connectivity index (χ3v) is 6.68. The molecule has 2 bridgehead atoms. The van der Waals surface area contributed by atoms with Crippen molar-refractivity contribution in [1.29, 1.82) is 0 Å². The number of benzene rings is 1. The first kappa shape index (κ1) is 17.1. The molecule has 8 heteroatoms. The molecule has 1 saturated heterocycles. The van der Waals surface area contributed by atoms with Crippen LogP contribution in [0.2, 0.25) is 0 Å². The maximum atomic E-state index is 12.9. The van der Waals surface area contributed by atoms with Gasteiger partial charge >= 0.3 is 0 Å². The molecule has 4 aliphatic carbocycles. The van der Waals surface area contributed by atoms with Crippen LogP contribution in [-0.4, -0.2) is 34.1 Å². The topological polar surface area (TPSA) is 110 Å². The van der Waals surface area contributed by atoms with Crippen molar-refractivity contribution in [3.8, 4) is 0 Å². The van der Waals surface area contributed by atoms with Crippen molar-refractivity contribution < 1.29 is 19.3 Å². The number of likely N-dealkylation sites (tertiary alicyclic amines) is 1. The Kier molecular flexibility index (Phi) is 3.65. The highest BCUT2D eigenvalue weighted by molar-refractivity contribution is 6.06. The van der Waals surface area contributed by atoms with Crippen LogP contribution in [0.5, 0.6) is 0 Å². The zero-order valence-electron chi connectivity index (χ0n) is 15.0. The van der Waals surface area contributed by atoms with Crippen LogP contribution >= 0.6 is 0 Å². The number of anilines is 1. The molecule has 0 radical (unpaired) electrons. The Hall–Kier alpha value is -3.03. The van der Waals surface area contributed by atoms with Crippen LogP contribution in [0, 0.1) is 45.6 Å². The van der Waals surface area contributed by atoms with Crippen molar-refractivity contribution in [1.82, 2.24) is 4.90 Å². The zero-order chi connectivity index (χ0) is 19.6. The van der Waals surface area contributed by atoms with E-state index in [1.165, 1.54) is 29.2 Å². The van der Waals surface area contributed by atoms with Crippen LogP contribution in [-0.2, 0) is 14.4 Å². The third kappa shape index (κ3) is 2.47. The normalized spacial score (nSPS) is 34.2. The largest absolute Gasteiger partial charge is 0.326 e. The van der Waals surface area contributed by atoms with E-state index in [0.29, 0.717) is 17.5 Å². The maximum absolute atomic E-state index is 12.9. The van der Waals surface area contributed by atoms with Crippen molar-refractivity contribution in [3.63, 3.8) is 0 Å². The van der Waals surface area contributed by atoms with Crippen LogP contribution in [0.3, 0.4) is 0 Å². The lowest BCUT2D eigenvalue weighted by atomic mass is 9.63. The first-order valence-corrected chi connectivity index (χ1v) is 9.53. The predicted octanol–water partition coefficient (Wildman–Crippen LogP) is 1.98. The van der Waals surface area contributed by atoms with E-state index in [4.69, 9.17) is 0 Å². The number of carbonyl (C=O) groups is 3. The summed E-state index contributed by atoms with van der Waals surface area (Å²) < 4.78 is 0. The molecule has 5 aliphatic rings. The number of allylic oxidation sites excluding steroid dienone is 2. The lowest BCUT2D eigenvalue weighted by Gasteiger charge is -2.37. The van der Waals surface area contributed by atoms with E-state index < -0.39 is 4.92 Å². The summed E-state index contributed by atoms with van der Waals surface area (Å²) in [4.78, 5) is 49.3. The van der Waals surface area contributed by atoms with Crippen molar-refractivity contribution in [2.45, 2.75) is 12.8 Å². The van der Waals surface area contributed by atoms with Crippen LogP contribution in [0.1, 0.15) is 12.8 Å². The van der Waals surface area contributed by atoms with Gasteiger partial charge in [-0.2, -0.15) is 0 Å². The second-order valence-electron chi connectivity index (χ2n) is 8.08. The number of rotatable bonds is 5. The summed E-state index contributed by atoms with van der Waals surface area (Å²) in [6.45, 7) is 0.0677. The molecule has 0 spiro atoms. The van der Waals surface area contributed by atoms with Gasteiger partial charge in [-0.3, -0.25) is 29.4 Å². The number of nitro benzene ring substituents is 1. The molecule has 28 heavy (non-hydrogen) atoms. The average Bonchev–Trinajstić information content (AvgIpc) is 3.46. The predicted molar refractivity (Wildman–Crippen MR) is 97.8 cm³/mol. The average molecular weight is 381 g/mol. The molecule has 1 aliphatic heterocycles. The summed E-state index contributed by atoms with van der Waals surface area (Å²) in [5.74, 6) is 0.356. The lowest BCUT2D eigenvalue weighted by molar-refractivity contribution is -0.384. The quantitative estimate of drug-likeness (QED) is 0.363. The van der Waals surface area contributed by atoms with Gasteiger partial charge in [-0.05, 0) is 42.2 Å². The first-order chi connectivity index (χ1) is 13.5. The third-order valence-electron chi connectivity index (χ3n) is 6.68. The molecule has 6 atom stereocenters. The van der Waals surface area contributed by atoms with E-state index in [-0.39, 0.29) is 60.0 Å². The Labute approximate surface area is 160 Å². The lowest BCUT2D eigenvalue weighted by Crippen LogP contribution is -2.40. The van der Waals surface area contributed by atoms with Gasteiger partial charge in [0.1, 0.15) is 0 Å². The monoisotopic (exact) mass is 381 g/mol. The molecule has 0 aromatic heterocycles. The smallest absolute Gasteiger partial charge is 0.269 e. The first-order valence-electron chi connectivity index (χ1n) is 9.53. The maximum Gasteiger partial charge on any atom is 0.269 e. The Morgan fingerprint density at radius 3 is 2.18 bits per heavy atom. The van der Waals surface area contributed by atoms with Gasteiger partial charge in [0.2, 0.25) is 17.7 Å². The van der Waals surface area contributed by atoms with E-state index in [0.717, 1.165) is 6.42 Å². The number of amides is 3. The molecule has 1 aromatic carbocycles. The van der Waals surface area contributed by atoms with Gasteiger partial charge in [0.15, 0.2) is 0 Å². The van der Waals surface area contributed by atoms with Gasteiger partial charge in [-0.15, -0.1) is 0 Å². The van der Waals surface area contributed by atoms with Crippen molar-refractivity contribution in [2.24, 2.45) is 35.5 Å². The molecule has 3 amide bonds. The van der Waals surface area contributed by atoms with Crippen molar-refractivity contribution in [3.05, 3.63) is 46.5 Å². The van der Waals surface area contributed by atoms with Crippen LogP contribution in [0.15, 0.2) is 36.4 Å². The summed E-state index contributed by atoms with van der Waals surface area (Å²) in [6.07, 6.45) is 5.36. The van der Waals surface area contributed by atoms with E-state index in [1.807, 2.05) is 0 Å². The molecular formula is C20H19N3O5. The van der Waals surface area contributed by atoms with Gasteiger partial charge in [0, 0.05) is 30.8 Å². The fourth-order valence-corrected chi connectivity index (χ4v) is 5.34. The Bertz CT molecular complexity index is 888. The van der Waals surface area contributed by atoms with E-state index in [9.17, 15) is 24.5 Å². The SMILES string of the molecule is O=C(CCN1C(=O)[C@@H]2[C@H]3C=C[C@@H]([C@@H]4C[C@@H]34)[C@@H]2C1=O)Nc1ccc([N+](=O)[O-])cc1. The molecule has 0 unspecified atom stereocenters. The van der Waals surface area contributed by atoms with Gasteiger partial charge in [0.05, 0.1) is 16.8 Å². The highest BCUT2D eigenvalue weighted by Crippen LogP contribution is 2.65. The van der Waals surface area contributed by atoms with Crippen LogP contribution in [0.25, 0.3) is 0 Å². The minimum Gasteiger partial charge on any atom is -0.326 e. The van der Waals surface area contributed by atoms with Gasteiger partial charge in [-0.25, -0.2) is 0 Å². The summed E-state index contributed by atoms with van der Waals surface area (Å²) in [5.41, 5.74) is 0.376. The summed E-state index contributed by atoms with van der Waals surface area (Å²) in [7, 11) is 0. The molecule has 3 fully saturated rings. The van der Waals surface area contributed by atoms with Crippen molar-refractivity contribution in [2.75, 3.05) is 11.9 Å². The second kappa shape index (κ2) is 5.98. The summed E-state index contributed by atoms with van der Waals surface area (Å²) >= 11 is 0. The molecular weight excluding hydrogens is 362 g/mol. The number of imide groups is 1. The van der Waals surface area contributed by atoms with E-state index in [1.54, 1.807) is 0 Å². The van der Waals surface area contributed by atoms with Gasteiger partial charge in [0.25, 0.3) is 5.69 Å². The number of carbonyl (C=O) groups excluding carboxylic acids is 3. The van der Waals surface area contributed by atoms with E-state index in [2.05, 4.69) is 17.5 Å². The van der Waals surface area contributed by atoms with Gasteiger partial charge in [-0.1, -0.05) is 12.2 Å². The molecule has 1 heterocycles. The Morgan fingerprint density at radius 1 is 1.07 bits per heavy atom. The molecule has 8 nitrogen and oxygen atoms in total.